The van der Waals surface area contributed by atoms with Crippen LogP contribution in [0.15, 0.2) is 0 Å². The quantitative estimate of drug-likeness (QED) is 0.252. The van der Waals surface area contributed by atoms with Crippen LogP contribution in [0.25, 0.3) is 0 Å². The van der Waals surface area contributed by atoms with Crippen molar-refractivity contribution in [3.05, 3.63) is 0 Å². The van der Waals surface area contributed by atoms with Gasteiger partial charge in [0.2, 0.25) is 0 Å². The zero-order chi connectivity index (χ0) is 10.8. The molecule has 0 saturated carbocycles. The van der Waals surface area contributed by atoms with Gasteiger partial charge in [-0.2, -0.15) is 0 Å². The van der Waals surface area contributed by atoms with Crippen molar-refractivity contribution in [1.82, 2.24) is 0 Å². The molecular weight excluding hydrogens is 398 g/mol. The van der Waals surface area contributed by atoms with Gasteiger partial charge in [-0.1, -0.05) is 104 Å². The molecule has 0 N–H and O–H groups in total. The van der Waals surface area contributed by atoms with Gasteiger partial charge in [0, 0.05) is 7.85 Å². The smallest absolute Gasteiger partial charge is 0.0225 e. The van der Waals surface area contributed by atoms with Crippen molar-refractivity contribution in [2.75, 3.05) is 0 Å². The summed E-state index contributed by atoms with van der Waals surface area (Å²) in [5, 5.41) is 0. The van der Waals surface area contributed by atoms with Gasteiger partial charge >= 0.3 is 0 Å². The molecule has 2 unspecified atom stereocenters. The summed E-state index contributed by atoms with van der Waals surface area (Å²) >= 11 is 5.14. The normalized spacial score (nSPS) is 15.4. The van der Waals surface area contributed by atoms with Crippen molar-refractivity contribution in [1.29, 1.82) is 0 Å². The predicted octanol–water partition coefficient (Wildman–Crippen LogP) is 5.75. The first-order chi connectivity index (χ1) is 6.68. The lowest BCUT2D eigenvalue weighted by Crippen LogP contribution is -2.08. The van der Waals surface area contributed by atoms with E-state index in [-0.39, 0.29) is 0 Å². The molecule has 0 fully saturated rings. The van der Waals surface area contributed by atoms with Crippen molar-refractivity contribution in [3.8, 4) is 0 Å². The third-order valence-electron chi connectivity index (χ3n) is 2.58. The molecule has 0 rings (SSSR count). The highest BCUT2D eigenvalue weighted by Gasteiger charge is 2.08. The van der Waals surface area contributed by atoms with Gasteiger partial charge in [0.25, 0.3) is 0 Å². The highest BCUT2D eigenvalue weighted by Crippen LogP contribution is 2.21. The first-order valence-corrected chi connectivity index (χ1v) is 8.45. The molecule has 0 bridgehead atoms. The number of alkyl halides is 2. The van der Waals surface area contributed by atoms with Crippen LogP contribution >= 0.6 is 45.2 Å². The summed E-state index contributed by atoms with van der Waals surface area (Å²) in [5.74, 6) is 0. The number of unbranched alkanes of at least 4 members (excludes halogenated alkanes) is 6. The van der Waals surface area contributed by atoms with Gasteiger partial charge in [-0.15, -0.1) is 0 Å². The lowest BCUT2D eigenvalue weighted by atomic mass is 10.1. The van der Waals surface area contributed by atoms with Crippen molar-refractivity contribution in [2.45, 2.75) is 73.1 Å². The maximum absolute atomic E-state index is 2.60. The highest BCUT2D eigenvalue weighted by atomic mass is 127. The van der Waals surface area contributed by atoms with Gasteiger partial charge in [-0.25, -0.2) is 0 Å². The Labute approximate surface area is 117 Å². The van der Waals surface area contributed by atoms with Crippen LogP contribution in [0.4, 0.5) is 0 Å². The van der Waals surface area contributed by atoms with E-state index < -0.39 is 0 Å². The van der Waals surface area contributed by atoms with Gasteiger partial charge in [-0.05, 0) is 6.42 Å². The Bertz CT molecular complexity index is 113. The summed E-state index contributed by atoms with van der Waals surface area (Å²) in [5.41, 5.74) is 0. The molecule has 2 heteroatoms. The van der Waals surface area contributed by atoms with E-state index in [1.54, 1.807) is 0 Å². The number of rotatable bonds is 9. The van der Waals surface area contributed by atoms with Crippen LogP contribution in [-0.2, 0) is 0 Å². The molecule has 0 amide bonds. The molecule has 0 aliphatic carbocycles. The van der Waals surface area contributed by atoms with Crippen LogP contribution in [0.3, 0.4) is 0 Å². The predicted molar refractivity (Wildman–Crippen MR) is 83.9 cm³/mol. The average molecular weight is 422 g/mol. The zero-order valence-electron chi connectivity index (χ0n) is 9.57. The molecule has 0 aromatic rings. The number of hydrogen-bond acceptors (Lipinski definition) is 0. The molecule has 0 aromatic heterocycles. The molecule has 0 aromatic carbocycles. The Morgan fingerprint density at radius 1 is 0.857 bits per heavy atom. The minimum absolute atomic E-state index is 0.827. The van der Waals surface area contributed by atoms with E-state index >= 15 is 0 Å². The first kappa shape index (κ1) is 15.5. The van der Waals surface area contributed by atoms with Crippen molar-refractivity contribution >= 4 is 45.2 Å². The molecule has 0 aliphatic heterocycles. The lowest BCUT2D eigenvalue weighted by Gasteiger charge is -2.11. The van der Waals surface area contributed by atoms with Crippen molar-refractivity contribution in [2.24, 2.45) is 0 Å². The maximum atomic E-state index is 2.60. The van der Waals surface area contributed by atoms with Crippen molar-refractivity contribution in [3.63, 3.8) is 0 Å². The largest absolute Gasteiger partial charge is 0.0818 e. The Balaban J connectivity index is 3.06. The molecule has 0 radical (unpaired) electrons. The fourth-order valence-electron chi connectivity index (χ4n) is 1.53. The minimum Gasteiger partial charge on any atom is -0.0818 e. The molecule has 0 spiro atoms. The van der Waals surface area contributed by atoms with Crippen LogP contribution in [0, 0.1) is 0 Å². The van der Waals surface area contributed by atoms with E-state index in [9.17, 15) is 0 Å². The van der Waals surface area contributed by atoms with Gasteiger partial charge in [0.05, 0.1) is 0 Å². The van der Waals surface area contributed by atoms with Crippen LogP contribution in [0.1, 0.15) is 65.2 Å². The molecule has 0 heterocycles. The molecule has 2 atom stereocenters. The van der Waals surface area contributed by atoms with Crippen LogP contribution < -0.4 is 0 Å². The van der Waals surface area contributed by atoms with Gasteiger partial charge < -0.3 is 0 Å². The molecular formula is C12H24I2. The van der Waals surface area contributed by atoms with Crippen LogP contribution in [0.2, 0.25) is 0 Å². The average Bonchev–Trinajstić information content (AvgIpc) is 2.16. The summed E-state index contributed by atoms with van der Waals surface area (Å²) in [4.78, 5) is 0. The number of halogens is 2. The lowest BCUT2D eigenvalue weighted by molar-refractivity contribution is 0.573. The van der Waals surface area contributed by atoms with E-state index in [4.69, 9.17) is 0 Å². The Hall–Kier alpha value is 1.46. The molecule has 0 nitrogen and oxygen atoms in total. The van der Waals surface area contributed by atoms with E-state index in [1.165, 1.54) is 51.4 Å². The molecule has 86 valence electrons. The summed E-state index contributed by atoms with van der Waals surface area (Å²) < 4.78 is 1.71. The second-order valence-corrected chi connectivity index (χ2v) is 7.67. The second-order valence-electron chi connectivity index (χ2n) is 4.10. The maximum Gasteiger partial charge on any atom is 0.0225 e. The minimum atomic E-state index is 0.827. The Kier molecular flexibility index (Phi) is 12.1. The van der Waals surface area contributed by atoms with E-state index in [0.29, 0.717) is 0 Å². The van der Waals surface area contributed by atoms with Crippen LogP contribution in [-0.4, -0.2) is 7.85 Å². The molecule has 0 saturated heterocycles. The third kappa shape index (κ3) is 9.99. The van der Waals surface area contributed by atoms with Crippen molar-refractivity contribution < 1.29 is 0 Å². The fraction of sp³-hybridized carbons (Fsp3) is 1.00. The Morgan fingerprint density at radius 2 is 1.36 bits per heavy atom. The van der Waals surface area contributed by atoms with E-state index in [2.05, 4.69) is 59.0 Å². The molecule has 14 heavy (non-hydrogen) atoms. The van der Waals surface area contributed by atoms with E-state index in [0.717, 1.165) is 7.85 Å². The summed E-state index contributed by atoms with van der Waals surface area (Å²) in [6, 6.07) is 0. The van der Waals surface area contributed by atoms with Gasteiger partial charge in [0.15, 0.2) is 0 Å². The second kappa shape index (κ2) is 11.0. The fourth-order valence-corrected chi connectivity index (χ4v) is 2.33. The van der Waals surface area contributed by atoms with Crippen LogP contribution in [0.5, 0.6) is 0 Å². The Morgan fingerprint density at radius 3 is 1.86 bits per heavy atom. The monoisotopic (exact) mass is 422 g/mol. The first-order valence-electron chi connectivity index (χ1n) is 5.96. The summed E-state index contributed by atoms with van der Waals surface area (Å²) in [6.07, 6.45) is 11.5. The number of hydrogen-bond donors (Lipinski definition) is 0. The highest BCUT2D eigenvalue weighted by molar-refractivity contribution is 14.1. The standard InChI is InChI=1S/C12H24I2/c1-3-4-5-6-7-8-9-10-12(14)11(2)13/h11-12H,3-10H2,1-2H3. The summed E-state index contributed by atoms with van der Waals surface area (Å²) in [6.45, 7) is 4.60. The van der Waals surface area contributed by atoms with E-state index in [1.807, 2.05) is 0 Å². The summed E-state index contributed by atoms with van der Waals surface area (Å²) in [7, 11) is 0. The molecule has 0 aliphatic rings. The van der Waals surface area contributed by atoms with Gasteiger partial charge in [0.1, 0.15) is 0 Å². The SMILES string of the molecule is CCCCCCCCCC(I)C(C)I. The van der Waals surface area contributed by atoms with Gasteiger partial charge in [-0.3, -0.25) is 0 Å². The topological polar surface area (TPSA) is 0 Å². The zero-order valence-corrected chi connectivity index (χ0v) is 13.9. The third-order valence-corrected chi connectivity index (χ3v) is 6.53.